The van der Waals surface area contributed by atoms with Gasteiger partial charge in [-0.15, -0.1) is 0 Å². The van der Waals surface area contributed by atoms with E-state index in [2.05, 4.69) is 34.7 Å². The Bertz CT molecular complexity index is 996. The van der Waals surface area contributed by atoms with E-state index in [1.54, 1.807) is 0 Å². The number of hydrogen-bond acceptors (Lipinski definition) is 2. The number of fused-ring (bicyclic) bond motifs is 1. The Kier molecular flexibility index (Phi) is 8.90. The summed E-state index contributed by atoms with van der Waals surface area (Å²) in [6.45, 7) is 4.70. The van der Waals surface area contributed by atoms with Crippen molar-refractivity contribution in [1.82, 2.24) is 15.6 Å². The van der Waals surface area contributed by atoms with Crippen LogP contribution in [0.5, 0.6) is 0 Å². The van der Waals surface area contributed by atoms with Crippen LogP contribution in [0.15, 0.2) is 60.8 Å². The summed E-state index contributed by atoms with van der Waals surface area (Å²) in [6.07, 6.45) is 6.86. The van der Waals surface area contributed by atoms with E-state index >= 15 is 0 Å². The van der Waals surface area contributed by atoms with Crippen LogP contribution in [0.25, 0.3) is 10.9 Å². The molecular weight excluding hydrogens is 398 g/mol. The Morgan fingerprint density at radius 2 is 1.72 bits per heavy atom. The van der Waals surface area contributed by atoms with E-state index in [0.717, 1.165) is 48.6 Å². The van der Waals surface area contributed by atoms with Gasteiger partial charge in [0, 0.05) is 36.0 Å². The van der Waals surface area contributed by atoms with Crippen LogP contribution in [0.4, 0.5) is 0 Å². The van der Waals surface area contributed by atoms with Crippen molar-refractivity contribution in [2.24, 2.45) is 5.92 Å². The van der Waals surface area contributed by atoms with Gasteiger partial charge >= 0.3 is 0 Å². The predicted molar refractivity (Wildman–Crippen MR) is 130 cm³/mol. The van der Waals surface area contributed by atoms with E-state index in [9.17, 15) is 9.59 Å². The normalized spacial score (nSPS) is 12.9. The maximum absolute atomic E-state index is 13.1. The molecule has 0 fully saturated rings. The van der Waals surface area contributed by atoms with E-state index in [1.165, 1.54) is 5.56 Å². The summed E-state index contributed by atoms with van der Waals surface area (Å²) in [5.74, 6) is -0.216. The molecule has 2 aromatic carbocycles. The van der Waals surface area contributed by atoms with E-state index in [0.29, 0.717) is 13.0 Å². The highest BCUT2D eigenvalue weighted by Gasteiger charge is 2.25. The lowest BCUT2D eigenvalue weighted by Crippen LogP contribution is -2.50. The number of carbonyl (C=O) groups is 2. The lowest BCUT2D eigenvalue weighted by atomic mass is 9.97. The first-order valence-corrected chi connectivity index (χ1v) is 11.8. The molecule has 0 spiro atoms. The third-order valence-corrected chi connectivity index (χ3v) is 6.06. The van der Waals surface area contributed by atoms with Crippen LogP contribution in [-0.4, -0.2) is 29.4 Å². The van der Waals surface area contributed by atoms with Gasteiger partial charge in [-0.05, 0) is 36.5 Å². The van der Waals surface area contributed by atoms with Gasteiger partial charge in [-0.2, -0.15) is 0 Å². The molecule has 0 aliphatic heterocycles. The number of para-hydroxylation sites is 1. The van der Waals surface area contributed by atoms with Crippen LogP contribution >= 0.6 is 0 Å². The summed E-state index contributed by atoms with van der Waals surface area (Å²) in [5.41, 5.74) is 3.24. The van der Waals surface area contributed by atoms with Gasteiger partial charge in [0.1, 0.15) is 6.04 Å². The summed E-state index contributed by atoms with van der Waals surface area (Å²) in [6, 6.07) is 17.5. The number of unbranched alkanes of at least 4 members (excludes halogenated alkanes) is 1. The molecule has 3 N–H and O–H groups in total. The largest absolute Gasteiger partial charge is 0.361 e. The molecule has 32 heavy (non-hydrogen) atoms. The number of benzene rings is 2. The van der Waals surface area contributed by atoms with Gasteiger partial charge < -0.3 is 15.6 Å². The Balaban J connectivity index is 1.70. The molecule has 170 valence electrons. The Morgan fingerprint density at radius 3 is 2.47 bits per heavy atom. The van der Waals surface area contributed by atoms with Crippen LogP contribution < -0.4 is 10.6 Å². The zero-order valence-corrected chi connectivity index (χ0v) is 19.2. The summed E-state index contributed by atoms with van der Waals surface area (Å²) < 4.78 is 0. The maximum Gasteiger partial charge on any atom is 0.242 e. The smallest absolute Gasteiger partial charge is 0.242 e. The van der Waals surface area contributed by atoms with Gasteiger partial charge in [0.25, 0.3) is 0 Å². The van der Waals surface area contributed by atoms with Gasteiger partial charge in [-0.1, -0.05) is 75.2 Å². The highest BCUT2D eigenvalue weighted by Crippen LogP contribution is 2.20. The second kappa shape index (κ2) is 12.1. The molecule has 2 amide bonds. The van der Waals surface area contributed by atoms with Gasteiger partial charge in [-0.25, -0.2) is 0 Å². The fraction of sp³-hybridized carbons (Fsp3) is 0.407. The second-order valence-electron chi connectivity index (χ2n) is 8.40. The molecule has 5 nitrogen and oxygen atoms in total. The quantitative estimate of drug-likeness (QED) is 0.385. The van der Waals surface area contributed by atoms with Crippen LogP contribution in [0, 0.1) is 5.92 Å². The van der Waals surface area contributed by atoms with Crippen molar-refractivity contribution in [2.45, 2.75) is 58.4 Å². The summed E-state index contributed by atoms with van der Waals surface area (Å²) in [4.78, 5) is 29.4. The monoisotopic (exact) mass is 433 g/mol. The summed E-state index contributed by atoms with van der Waals surface area (Å²) in [5, 5.41) is 7.18. The molecule has 1 heterocycles. The number of aromatic amines is 1. The summed E-state index contributed by atoms with van der Waals surface area (Å²) >= 11 is 0. The Morgan fingerprint density at radius 1 is 0.969 bits per heavy atom. The highest BCUT2D eigenvalue weighted by molar-refractivity contribution is 5.90. The van der Waals surface area contributed by atoms with Crippen molar-refractivity contribution in [1.29, 1.82) is 0 Å². The van der Waals surface area contributed by atoms with Gasteiger partial charge in [0.2, 0.25) is 11.8 Å². The molecule has 0 saturated carbocycles. The average Bonchev–Trinajstić information content (AvgIpc) is 3.22. The minimum atomic E-state index is -0.604. The van der Waals surface area contributed by atoms with Crippen molar-refractivity contribution in [3.05, 3.63) is 71.9 Å². The predicted octanol–water partition coefficient (Wildman–Crippen LogP) is 4.77. The molecule has 0 radical (unpaired) electrons. The van der Waals surface area contributed by atoms with E-state index in [4.69, 9.17) is 0 Å². The van der Waals surface area contributed by atoms with Gasteiger partial charge in [0.05, 0.1) is 0 Å². The van der Waals surface area contributed by atoms with Crippen LogP contribution in [0.1, 0.15) is 50.7 Å². The first-order chi connectivity index (χ1) is 15.6. The van der Waals surface area contributed by atoms with Crippen LogP contribution in [-0.2, 0) is 22.4 Å². The topological polar surface area (TPSA) is 74.0 Å². The molecule has 5 heteroatoms. The lowest BCUT2D eigenvalue weighted by molar-refractivity contribution is -0.131. The highest BCUT2D eigenvalue weighted by atomic mass is 16.2. The second-order valence-corrected chi connectivity index (χ2v) is 8.40. The molecule has 2 unspecified atom stereocenters. The number of hydrogen-bond donors (Lipinski definition) is 3. The Labute approximate surface area is 191 Å². The molecule has 3 aromatic rings. The average molecular weight is 434 g/mol. The summed E-state index contributed by atoms with van der Waals surface area (Å²) in [7, 11) is 0. The van der Waals surface area contributed by atoms with Crippen molar-refractivity contribution in [2.75, 3.05) is 6.54 Å². The van der Waals surface area contributed by atoms with Gasteiger partial charge in [-0.3, -0.25) is 9.59 Å². The molecule has 3 rings (SSSR count). The van der Waals surface area contributed by atoms with E-state index < -0.39 is 6.04 Å². The fourth-order valence-electron chi connectivity index (χ4n) is 4.09. The number of aromatic nitrogens is 1. The number of carbonyl (C=O) groups excluding carboxylic acids is 2. The molecule has 0 bridgehead atoms. The van der Waals surface area contributed by atoms with Crippen LogP contribution in [0.3, 0.4) is 0 Å². The molecule has 1 aromatic heterocycles. The number of H-pyrrole nitrogens is 1. The van der Waals surface area contributed by atoms with Gasteiger partial charge in [0.15, 0.2) is 0 Å². The van der Waals surface area contributed by atoms with Crippen molar-refractivity contribution < 1.29 is 9.59 Å². The fourth-order valence-corrected chi connectivity index (χ4v) is 4.09. The minimum absolute atomic E-state index is 0.0241. The third kappa shape index (κ3) is 6.46. The number of nitrogens with one attached hydrogen (secondary N) is 3. The molecule has 0 saturated heterocycles. The Hall–Kier alpha value is -3.08. The molecule has 0 aliphatic rings. The third-order valence-electron chi connectivity index (χ3n) is 6.06. The minimum Gasteiger partial charge on any atom is -0.361 e. The first-order valence-electron chi connectivity index (χ1n) is 11.8. The SMILES string of the molecule is CCCCC(CC)C(=O)NC(Cc1c[nH]c2ccccc12)C(=O)NCCc1ccccc1. The van der Waals surface area contributed by atoms with E-state index in [-0.39, 0.29) is 17.7 Å². The lowest BCUT2D eigenvalue weighted by Gasteiger charge is -2.22. The van der Waals surface area contributed by atoms with Crippen molar-refractivity contribution in [3.63, 3.8) is 0 Å². The molecular formula is C27H35N3O2. The standard InChI is InChI=1S/C27H35N3O2/c1-3-5-13-21(4-2)26(31)30-25(18-22-19-29-24-15-10-9-14-23(22)24)27(32)28-17-16-20-11-7-6-8-12-20/h6-12,14-15,19,21,25,29H,3-5,13,16-18H2,1-2H3,(H,28,32)(H,30,31). The molecule has 0 aliphatic carbocycles. The number of rotatable bonds is 12. The maximum atomic E-state index is 13.1. The first kappa shape index (κ1) is 23.6. The van der Waals surface area contributed by atoms with E-state index in [1.807, 2.05) is 55.6 Å². The van der Waals surface area contributed by atoms with Crippen LogP contribution in [0.2, 0.25) is 0 Å². The van der Waals surface area contributed by atoms with Crippen molar-refractivity contribution >= 4 is 22.7 Å². The number of amides is 2. The molecule has 2 atom stereocenters. The van der Waals surface area contributed by atoms with Crippen molar-refractivity contribution in [3.8, 4) is 0 Å². The zero-order chi connectivity index (χ0) is 22.8. The zero-order valence-electron chi connectivity index (χ0n) is 19.2.